The minimum atomic E-state index is -0.405. The molecule has 66 valence electrons. The fourth-order valence-corrected chi connectivity index (χ4v) is 0.567. The van der Waals surface area contributed by atoms with Gasteiger partial charge in [-0.05, 0) is 6.42 Å². The summed E-state index contributed by atoms with van der Waals surface area (Å²) < 4.78 is 0. The van der Waals surface area contributed by atoms with Gasteiger partial charge < -0.3 is 10.4 Å². The van der Waals surface area contributed by atoms with Crippen LogP contribution < -0.4 is 5.32 Å². The van der Waals surface area contributed by atoms with Crippen molar-refractivity contribution in [2.24, 2.45) is 5.92 Å². The molecule has 3 nitrogen and oxygen atoms in total. The second-order valence-corrected chi connectivity index (χ2v) is 2.96. The van der Waals surface area contributed by atoms with Crippen LogP contribution in [0.25, 0.3) is 0 Å². The summed E-state index contributed by atoms with van der Waals surface area (Å²) >= 11 is 0. The van der Waals surface area contributed by atoms with E-state index in [0.29, 0.717) is 13.0 Å². The third-order valence-electron chi connectivity index (χ3n) is 1.51. The number of nitrogens with one attached hydrogen (secondary N) is 1. The highest BCUT2D eigenvalue weighted by atomic mass is 16.3. The van der Waals surface area contributed by atoms with Gasteiger partial charge in [-0.3, -0.25) is 4.79 Å². The van der Waals surface area contributed by atoms with Gasteiger partial charge in [-0.25, -0.2) is 0 Å². The van der Waals surface area contributed by atoms with Crippen LogP contribution >= 0.6 is 0 Å². The first-order chi connectivity index (χ1) is 5.07. The average Bonchev–Trinajstić information content (AvgIpc) is 1.99. The summed E-state index contributed by atoms with van der Waals surface area (Å²) in [5.41, 5.74) is 0. The van der Waals surface area contributed by atoms with E-state index in [2.05, 4.69) is 5.32 Å². The molecule has 0 heterocycles. The van der Waals surface area contributed by atoms with Crippen LogP contribution in [0.3, 0.4) is 0 Å². The molecule has 0 rings (SSSR count). The van der Waals surface area contributed by atoms with Crippen molar-refractivity contribution in [2.75, 3.05) is 6.54 Å². The van der Waals surface area contributed by atoms with Crippen molar-refractivity contribution in [3.63, 3.8) is 0 Å². The molecule has 1 atom stereocenters. The lowest BCUT2D eigenvalue weighted by Gasteiger charge is -2.10. The zero-order valence-electron chi connectivity index (χ0n) is 7.42. The maximum absolute atomic E-state index is 10.9. The van der Waals surface area contributed by atoms with Gasteiger partial charge in [-0.15, -0.1) is 0 Å². The molecule has 0 aromatic carbocycles. The highest BCUT2D eigenvalue weighted by Crippen LogP contribution is 1.92. The Balaban J connectivity index is 3.46. The molecule has 2 N–H and O–H groups in total. The molecule has 0 fully saturated rings. The van der Waals surface area contributed by atoms with Gasteiger partial charge in [0.15, 0.2) is 0 Å². The first-order valence-electron chi connectivity index (χ1n) is 4.03. The topological polar surface area (TPSA) is 49.3 Å². The Kier molecular flexibility index (Phi) is 4.86. The summed E-state index contributed by atoms with van der Waals surface area (Å²) in [6.45, 7) is 5.90. The van der Waals surface area contributed by atoms with Gasteiger partial charge >= 0.3 is 0 Å². The van der Waals surface area contributed by atoms with Gasteiger partial charge in [-0.2, -0.15) is 0 Å². The highest BCUT2D eigenvalue weighted by molar-refractivity contribution is 5.77. The molecule has 0 radical (unpaired) electrons. The van der Waals surface area contributed by atoms with E-state index in [-0.39, 0.29) is 11.8 Å². The molecular weight excluding hydrogens is 142 g/mol. The maximum atomic E-state index is 10.9. The second kappa shape index (κ2) is 5.13. The maximum Gasteiger partial charge on any atom is 0.222 e. The van der Waals surface area contributed by atoms with Crippen LogP contribution in [-0.4, -0.2) is 23.7 Å². The van der Waals surface area contributed by atoms with Gasteiger partial charge in [0.2, 0.25) is 5.91 Å². The number of hydrogen-bond donors (Lipinski definition) is 2. The first kappa shape index (κ1) is 10.4. The van der Waals surface area contributed by atoms with Crippen molar-refractivity contribution in [2.45, 2.75) is 33.3 Å². The summed E-state index contributed by atoms with van der Waals surface area (Å²) in [6, 6.07) is 0. The molecule has 0 saturated carbocycles. The molecule has 0 spiro atoms. The fourth-order valence-electron chi connectivity index (χ4n) is 0.567. The quantitative estimate of drug-likeness (QED) is 0.628. The zero-order valence-corrected chi connectivity index (χ0v) is 7.42. The SMILES string of the molecule is CCC(O)CNC(=O)C(C)C. The number of rotatable bonds is 4. The largest absolute Gasteiger partial charge is 0.391 e. The molecule has 1 amide bonds. The smallest absolute Gasteiger partial charge is 0.222 e. The van der Waals surface area contributed by atoms with E-state index < -0.39 is 6.10 Å². The molecule has 11 heavy (non-hydrogen) atoms. The normalized spacial score (nSPS) is 13.2. The van der Waals surface area contributed by atoms with E-state index >= 15 is 0 Å². The number of hydrogen-bond acceptors (Lipinski definition) is 2. The van der Waals surface area contributed by atoms with Crippen molar-refractivity contribution < 1.29 is 9.90 Å². The lowest BCUT2D eigenvalue weighted by Crippen LogP contribution is -2.34. The van der Waals surface area contributed by atoms with Crippen LogP contribution in [0.5, 0.6) is 0 Å². The molecular formula is C8H17NO2. The van der Waals surface area contributed by atoms with Crippen LogP contribution in [0.2, 0.25) is 0 Å². The van der Waals surface area contributed by atoms with Crippen LogP contribution in [0.15, 0.2) is 0 Å². The summed E-state index contributed by atoms with van der Waals surface area (Å²) in [7, 11) is 0. The van der Waals surface area contributed by atoms with Gasteiger partial charge in [0.25, 0.3) is 0 Å². The number of aliphatic hydroxyl groups excluding tert-OH is 1. The summed E-state index contributed by atoms with van der Waals surface area (Å²) in [5, 5.41) is 11.7. The van der Waals surface area contributed by atoms with E-state index in [1.807, 2.05) is 20.8 Å². The molecule has 1 unspecified atom stereocenters. The van der Waals surface area contributed by atoms with Gasteiger partial charge in [0.05, 0.1) is 6.10 Å². The van der Waals surface area contributed by atoms with Crippen LogP contribution in [0.4, 0.5) is 0 Å². The van der Waals surface area contributed by atoms with Crippen molar-refractivity contribution >= 4 is 5.91 Å². The molecule has 3 heteroatoms. The van der Waals surface area contributed by atoms with Crippen LogP contribution in [0, 0.1) is 5.92 Å². The van der Waals surface area contributed by atoms with Crippen LogP contribution in [-0.2, 0) is 4.79 Å². The predicted octanol–water partition coefficient (Wildman–Crippen LogP) is 0.529. The summed E-state index contributed by atoms with van der Waals surface area (Å²) in [4.78, 5) is 10.9. The Bertz CT molecular complexity index is 123. The summed E-state index contributed by atoms with van der Waals surface area (Å²) in [5.74, 6) is -0.00319. The van der Waals surface area contributed by atoms with E-state index in [9.17, 15) is 4.79 Å². The fraction of sp³-hybridized carbons (Fsp3) is 0.875. The van der Waals surface area contributed by atoms with Gasteiger partial charge in [0, 0.05) is 12.5 Å². The van der Waals surface area contributed by atoms with Gasteiger partial charge in [0.1, 0.15) is 0 Å². The molecule has 0 aliphatic rings. The van der Waals surface area contributed by atoms with E-state index in [1.54, 1.807) is 0 Å². The van der Waals surface area contributed by atoms with Crippen molar-refractivity contribution in [3.05, 3.63) is 0 Å². The lowest BCUT2D eigenvalue weighted by atomic mass is 10.2. The molecule has 0 bridgehead atoms. The Hall–Kier alpha value is -0.570. The molecule has 0 aliphatic heterocycles. The van der Waals surface area contributed by atoms with Crippen molar-refractivity contribution in [1.82, 2.24) is 5.32 Å². The number of amides is 1. The van der Waals surface area contributed by atoms with E-state index in [0.717, 1.165) is 0 Å². The van der Waals surface area contributed by atoms with E-state index in [4.69, 9.17) is 5.11 Å². The molecule has 0 saturated heterocycles. The highest BCUT2D eigenvalue weighted by Gasteiger charge is 2.07. The van der Waals surface area contributed by atoms with E-state index in [1.165, 1.54) is 0 Å². The van der Waals surface area contributed by atoms with Crippen molar-refractivity contribution in [1.29, 1.82) is 0 Å². The Morgan fingerprint density at radius 3 is 2.45 bits per heavy atom. The monoisotopic (exact) mass is 159 g/mol. The Morgan fingerprint density at radius 2 is 2.09 bits per heavy atom. The standard InChI is InChI=1S/C8H17NO2/c1-4-7(10)5-9-8(11)6(2)3/h6-7,10H,4-5H2,1-3H3,(H,9,11). The van der Waals surface area contributed by atoms with Crippen molar-refractivity contribution in [3.8, 4) is 0 Å². The number of carbonyl (C=O) groups excluding carboxylic acids is 1. The third kappa shape index (κ3) is 4.79. The third-order valence-corrected chi connectivity index (χ3v) is 1.51. The zero-order chi connectivity index (χ0) is 8.85. The summed E-state index contributed by atoms with van der Waals surface area (Å²) in [6.07, 6.45) is 0.274. The number of aliphatic hydroxyl groups is 1. The molecule has 0 aliphatic carbocycles. The lowest BCUT2D eigenvalue weighted by molar-refractivity contribution is -0.124. The average molecular weight is 159 g/mol. The first-order valence-corrected chi connectivity index (χ1v) is 4.03. The second-order valence-electron chi connectivity index (χ2n) is 2.96. The van der Waals surface area contributed by atoms with Crippen LogP contribution in [0.1, 0.15) is 27.2 Å². The Labute approximate surface area is 67.8 Å². The number of carbonyl (C=O) groups is 1. The molecule has 0 aromatic rings. The Morgan fingerprint density at radius 1 is 1.55 bits per heavy atom. The molecule has 0 aromatic heterocycles. The minimum absolute atomic E-state index is 0.000874. The minimum Gasteiger partial charge on any atom is -0.391 e. The predicted molar refractivity (Wildman–Crippen MR) is 44.1 cm³/mol. The van der Waals surface area contributed by atoms with Gasteiger partial charge in [-0.1, -0.05) is 20.8 Å².